The zero-order chi connectivity index (χ0) is 33.9. The first-order valence-electron chi connectivity index (χ1n) is 13.7. The van der Waals surface area contributed by atoms with Crippen LogP contribution in [0.1, 0.15) is 38.1 Å². The molecule has 0 saturated carbocycles. The number of aromatic nitrogens is 2. The van der Waals surface area contributed by atoms with Crippen LogP contribution in [0.2, 0.25) is 0 Å². The fourth-order valence-corrected chi connectivity index (χ4v) is 4.49. The third kappa shape index (κ3) is 9.61. The number of aryl methyl sites for hydroxylation is 2. The van der Waals surface area contributed by atoms with Gasteiger partial charge in [0, 0.05) is 58.8 Å². The summed E-state index contributed by atoms with van der Waals surface area (Å²) in [6.07, 6.45) is 3.31. The van der Waals surface area contributed by atoms with Gasteiger partial charge in [-0.1, -0.05) is 12.2 Å². The third-order valence-corrected chi connectivity index (χ3v) is 6.31. The van der Waals surface area contributed by atoms with Crippen LogP contribution < -0.4 is 22.1 Å². The van der Waals surface area contributed by atoms with Gasteiger partial charge in [0.15, 0.2) is 0 Å². The van der Waals surface area contributed by atoms with Crippen LogP contribution in [0.5, 0.6) is 0 Å². The van der Waals surface area contributed by atoms with Gasteiger partial charge in [0.2, 0.25) is 11.8 Å². The summed E-state index contributed by atoms with van der Waals surface area (Å²) in [6, 6.07) is 14.1. The maximum Gasteiger partial charge on any atom is 0.300 e. The van der Waals surface area contributed by atoms with Crippen LogP contribution >= 0.6 is 0 Å². The van der Waals surface area contributed by atoms with Crippen molar-refractivity contribution in [3.05, 3.63) is 85.2 Å². The summed E-state index contributed by atoms with van der Waals surface area (Å²) in [6.45, 7) is 13.5. The number of aliphatic carboxylic acids is 2. The number of nitrogens with two attached hydrogens (primary N) is 2. The molecule has 8 N–H and O–H groups in total. The summed E-state index contributed by atoms with van der Waals surface area (Å²) in [7, 11) is 0. The van der Waals surface area contributed by atoms with Crippen molar-refractivity contribution in [2.24, 2.45) is 5.41 Å². The zero-order valence-electron chi connectivity index (χ0n) is 25.7. The Balaban J connectivity index is 0.000000789. The summed E-state index contributed by atoms with van der Waals surface area (Å²) < 4.78 is 0. The first-order valence-corrected chi connectivity index (χ1v) is 13.7. The number of hydrogen-bond acceptors (Lipinski definition) is 8. The van der Waals surface area contributed by atoms with Crippen LogP contribution in [-0.4, -0.2) is 43.9 Å². The molecule has 0 radical (unpaired) electrons. The van der Waals surface area contributed by atoms with E-state index in [2.05, 4.69) is 33.8 Å². The Morgan fingerprint density at radius 3 is 1.38 bits per heavy atom. The minimum absolute atomic E-state index is 0.101. The number of amides is 2. The number of nitrogen functional groups attached to an aromatic ring is 2. The lowest BCUT2D eigenvalue weighted by Crippen LogP contribution is -2.45. The van der Waals surface area contributed by atoms with Gasteiger partial charge in [0.1, 0.15) is 5.41 Å². The number of nitrogens with zero attached hydrogens (tertiary/aromatic N) is 2. The van der Waals surface area contributed by atoms with E-state index in [1.54, 1.807) is 60.7 Å². The first-order chi connectivity index (χ1) is 21.1. The SMILES string of the molecule is C=CCC(CC=C)(C(=O)Nc1ccc2nc(C)cc(N)c2c1)C(=O)Nc1ccc2nc(C)cc(N)c2c1.CC(=O)O.CC(=O)O. The lowest BCUT2D eigenvalue weighted by Gasteiger charge is -2.29. The van der Waals surface area contributed by atoms with Gasteiger partial charge in [-0.3, -0.25) is 29.1 Å². The van der Waals surface area contributed by atoms with E-state index in [4.69, 9.17) is 31.3 Å². The number of fused-ring (bicyclic) bond motifs is 2. The molecule has 2 heterocycles. The molecule has 0 unspecified atom stereocenters. The molecule has 0 spiro atoms. The monoisotopic (exact) mass is 614 g/mol. The number of carboxylic acid groups (broad SMARTS) is 2. The van der Waals surface area contributed by atoms with Gasteiger partial charge in [-0.2, -0.15) is 0 Å². The molecule has 45 heavy (non-hydrogen) atoms. The Morgan fingerprint density at radius 1 is 0.733 bits per heavy atom. The fourth-order valence-electron chi connectivity index (χ4n) is 4.49. The van der Waals surface area contributed by atoms with Crippen LogP contribution in [0.3, 0.4) is 0 Å². The summed E-state index contributed by atoms with van der Waals surface area (Å²) in [5.41, 5.74) is 16.0. The molecule has 236 valence electrons. The highest BCUT2D eigenvalue weighted by atomic mass is 16.4. The molecule has 0 atom stereocenters. The van der Waals surface area contributed by atoms with Crippen molar-refractivity contribution in [3.8, 4) is 0 Å². The zero-order valence-corrected chi connectivity index (χ0v) is 25.7. The highest BCUT2D eigenvalue weighted by Gasteiger charge is 2.44. The van der Waals surface area contributed by atoms with E-state index in [0.29, 0.717) is 33.5 Å². The highest BCUT2D eigenvalue weighted by Crippen LogP contribution is 2.34. The van der Waals surface area contributed by atoms with E-state index in [-0.39, 0.29) is 12.8 Å². The number of carbonyl (C=O) groups excluding carboxylic acids is 2. The topological polar surface area (TPSA) is 211 Å². The van der Waals surface area contributed by atoms with Gasteiger partial charge in [0.05, 0.1) is 11.0 Å². The van der Waals surface area contributed by atoms with Crippen molar-refractivity contribution in [1.29, 1.82) is 0 Å². The number of hydrogen-bond donors (Lipinski definition) is 6. The van der Waals surface area contributed by atoms with Crippen molar-refractivity contribution < 1.29 is 29.4 Å². The molecule has 0 bridgehead atoms. The van der Waals surface area contributed by atoms with E-state index in [1.165, 1.54) is 0 Å². The lowest BCUT2D eigenvalue weighted by molar-refractivity contribution is -0.137. The van der Waals surface area contributed by atoms with Gasteiger partial charge < -0.3 is 32.3 Å². The standard InChI is InChI=1S/C29H30N6O2.2C2H4O2/c1-5-11-29(12-6-2,27(36)34-19-7-9-25-21(15-19)23(30)13-17(3)32-25)28(37)35-20-8-10-26-22(16-20)24(31)14-18(4)33-26;2*1-2(3)4/h5-10,13-16H,1-2,11-12H2,3-4H3,(H2,30,32)(H2,31,33)(H,34,36)(H,35,37);2*1H3,(H,3,4). The molecule has 2 amide bonds. The largest absolute Gasteiger partial charge is 0.481 e. The van der Waals surface area contributed by atoms with Crippen LogP contribution in [0.15, 0.2) is 73.8 Å². The van der Waals surface area contributed by atoms with Crippen molar-refractivity contribution in [2.75, 3.05) is 22.1 Å². The van der Waals surface area contributed by atoms with Crippen molar-refractivity contribution in [2.45, 2.75) is 40.5 Å². The lowest BCUT2D eigenvalue weighted by atomic mass is 9.78. The summed E-state index contributed by atoms with van der Waals surface area (Å²) >= 11 is 0. The Morgan fingerprint density at radius 2 is 1.07 bits per heavy atom. The summed E-state index contributed by atoms with van der Waals surface area (Å²) in [5.74, 6) is -2.64. The fraction of sp³-hybridized carbons (Fsp3) is 0.212. The van der Waals surface area contributed by atoms with Gasteiger partial charge in [0.25, 0.3) is 11.9 Å². The number of rotatable bonds is 8. The first kappa shape index (κ1) is 35.4. The van der Waals surface area contributed by atoms with Crippen molar-refractivity contribution in [1.82, 2.24) is 9.97 Å². The number of benzene rings is 2. The second-order valence-electron chi connectivity index (χ2n) is 10.2. The molecular formula is C33H38N6O6. The molecule has 4 aromatic rings. The number of carbonyl (C=O) groups is 4. The number of anilines is 4. The maximum absolute atomic E-state index is 13.7. The van der Waals surface area contributed by atoms with E-state index < -0.39 is 29.2 Å². The van der Waals surface area contributed by atoms with Gasteiger partial charge in [-0.25, -0.2) is 0 Å². The number of pyridine rings is 2. The molecule has 2 aromatic carbocycles. The number of allylic oxidation sites excluding steroid dienone is 2. The number of nitrogens with one attached hydrogen (secondary N) is 2. The predicted octanol–water partition coefficient (Wildman–Crippen LogP) is 5.46. The van der Waals surface area contributed by atoms with Crippen molar-refractivity contribution >= 4 is 68.3 Å². The average molecular weight is 615 g/mol. The number of carboxylic acids is 2. The summed E-state index contributed by atoms with van der Waals surface area (Å²) in [4.78, 5) is 54.3. The molecule has 0 aliphatic rings. The van der Waals surface area contributed by atoms with E-state index in [1.807, 2.05) is 13.8 Å². The second-order valence-corrected chi connectivity index (χ2v) is 10.2. The Bertz CT molecular complexity index is 1630. The molecule has 4 rings (SSSR count). The smallest absolute Gasteiger partial charge is 0.300 e. The predicted molar refractivity (Wildman–Crippen MR) is 178 cm³/mol. The van der Waals surface area contributed by atoms with Crippen LogP contribution in [0.4, 0.5) is 22.7 Å². The summed E-state index contributed by atoms with van der Waals surface area (Å²) in [5, 5.41) is 22.0. The Labute approximate surface area is 260 Å². The quantitative estimate of drug-likeness (QED) is 0.109. The van der Waals surface area contributed by atoms with E-state index >= 15 is 0 Å². The van der Waals surface area contributed by atoms with Gasteiger partial charge >= 0.3 is 0 Å². The van der Waals surface area contributed by atoms with Gasteiger partial charge in [-0.15, -0.1) is 13.2 Å². The molecule has 2 aromatic heterocycles. The highest BCUT2D eigenvalue weighted by molar-refractivity contribution is 6.15. The van der Waals surface area contributed by atoms with Crippen molar-refractivity contribution in [3.63, 3.8) is 0 Å². The second kappa shape index (κ2) is 15.6. The molecular weight excluding hydrogens is 576 g/mol. The molecule has 12 heteroatoms. The van der Waals surface area contributed by atoms with Crippen LogP contribution in [0, 0.1) is 19.3 Å². The Kier molecular flexibility index (Phi) is 12.3. The molecule has 0 aliphatic heterocycles. The normalized spacial score (nSPS) is 10.4. The van der Waals surface area contributed by atoms with Crippen LogP contribution in [0.25, 0.3) is 21.8 Å². The minimum Gasteiger partial charge on any atom is -0.481 e. The average Bonchev–Trinajstić information content (AvgIpc) is 2.92. The van der Waals surface area contributed by atoms with E-state index in [0.717, 1.165) is 36.3 Å². The molecule has 0 saturated heterocycles. The minimum atomic E-state index is -1.48. The van der Waals surface area contributed by atoms with E-state index in [9.17, 15) is 9.59 Å². The molecule has 0 aliphatic carbocycles. The third-order valence-electron chi connectivity index (χ3n) is 6.31. The molecule has 12 nitrogen and oxygen atoms in total. The molecule has 0 fully saturated rings. The maximum atomic E-state index is 13.7. The Hall–Kier alpha value is -5.78. The van der Waals surface area contributed by atoms with Crippen LogP contribution in [-0.2, 0) is 19.2 Å². The van der Waals surface area contributed by atoms with Gasteiger partial charge in [-0.05, 0) is 75.2 Å².